The standard InChI is InChI=1S/C17H21ClN2O/c1-12-8-16(13(2)20(12)4)17(21)11-19(3)10-14-6-5-7-15(18)9-14/h5-9H,10-11H2,1-4H3. The number of rotatable bonds is 5. The number of carbonyl (C=O) groups is 1. The van der Waals surface area contributed by atoms with E-state index in [1.807, 2.05) is 67.7 Å². The van der Waals surface area contributed by atoms with Crippen LogP contribution in [0.25, 0.3) is 0 Å². The van der Waals surface area contributed by atoms with Crippen LogP contribution in [0.3, 0.4) is 0 Å². The Morgan fingerprint density at radius 3 is 2.57 bits per heavy atom. The van der Waals surface area contributed by atoms with Crippen molar-refractivity contribution in [3.05, 3.63) is 57.9 Å². The van der Waals surface area contributed by atoms with Gasteiger partial charge in [0, 0.05) is 35.6 Å². The molecule has 0 saturated heterocycles. The molecule has 2 aromatic rings. The van der Waals surface area contributed by atoms with Gasteiger partial charge in [0.15, 0.2) is 5.78 Å². The highest BCUT2D eigenvalue weighted by molar-refractivity contribution is 6.30. The molecule has 1 aromatic carbocycles. The maximum Gasteiger partial charge on any atom is 0.178 e. The first-order valence-corrected chi connectivity index (χ1v) is 7.35. The minimum Gasteiger partial charge on any atom is -0.351 e. The van der Waals surface area contributed by atoms with Gasteiger partial charge in [-0.25, -0.2) is 0 Å². The lowest BCUT2D eigenvalue weighted by Gasteiger charge is -2.16. The molecule has 0 atom stereocenters. The minimum atomic E-state index is 0.153. The van der Waals surface area contributed by atoms with Gasteiger partial charge in [0.25, 0.3) is 0 Å². The molecule has 2 rings (SSSR count). The van der Waals surface area contributed by atoms with Gasteiger partial charge >= 0.3 is 0 Å². The molecule has 4 heteroatoms. The van der Waals surface area contributed by atoms with Crippen molar-refractivity contribution in [2.45, 2.75) is 20.4 Å². The summed E-state index contributed by atoms with van der Waals surface area (Å²) in [4.78, 5) is 14.4. The smallest absolute Gasteiger partial charge is 0.178 e. The van der Waals surface area contributed by atoms with Gasteiger partial charge in [0.2, 0.25) is 0 Å². The first kappa shape index (κ1) is 15.8. The van der Waals surface area contributed by atoms with Crippen molar-refractivity contribution < 1.29 is 4.79 Å². The molecule has 21 heavy (non-hydrogen) atoms. The molecule has 112 valence electrons. The molecule has 0 aliphatic heterocycles. The molecule has 0 radical (unpaired) electrons. The predicted molar refractivity (Wildman–Crippen MR) is 87.0 cm³/mol. The summed E-state index contributed by atoms with van der Waals surface area (Å²) < 4.78 is 2.05. The van der Waals surface area contributed by atoms with Crippen molar-refractivity contribution in [2.75, 3.05) is 13.6 Å². The van der Waals surface area contributed by atoms with Crippen LogP contribution in [0.2, 0.25) is 5.02 Å². The van der Waals surface area contributed by atoms with Crippen LogP contribution in [0, 0.1) is 13.8 Å². The summed E-state index contributed by atoms with van der Waals surface area (Å²) in [5, 5.41) is 0.724. The van der Waals surface area contributed by atoms with Gasteiger partial charge in [-0.2, -0.15) is 0 Å². The molecule has 0 saturated carbocycles. The number of carbonyl (C=O) groups excluding carboxylic acids is 1. The van der Waals surface area contributed by atoms with Crippen molar-refractivity contribution in [3.8, 4) is 0 Å². The van der Waals surface area contributed by atoms with Gasteiger partial charge in [-0.05, 0) is 44.7 Å². The molecule has 0 unspecified atom stereocenters. The van der Waals surface area contributed by atoms with E-state index < -0.39 is 0 Å². The molecule has 0 aliphatic carbocycles. The number of Topliss-reactive ketones (excluding diaryl/α,β-unsaturated/α-hetero) is 1. The number of aromatic nitrogens is 1. The summed E-state index contributed by atoms with van der Waals surface area (Å²) >= 11 is 5.98. The number of benzene rings is 1. The quantitative estimate of drug-likeness (QED) is 0.789. The number of aryl methyl sites for hydroxylation is 1. The van der Waals surface area contributed by atoms with Crippen LogP contribution in [-0.2, 0) is 13.6 Å². The maximum absolute atomic E-state index is 12.4. The van der Waals surface area contributed by atoms with Crippen LogP contribution in [0.4, 0.5) is 0 Å². The Morgan fingerprint density at radius 1 is 1.29 bits per heavy atom. The number of ketones is 1. The lowest BCUT2D eigenvalue weighted by atomic mass is 10.1. The number of likely N-dealkylation sites (N-methyl/N-ethyl adjacent to an activating group) is 1. The Bertz CT molecular complexity index is 661. The largest absolute Gasteiger partial charge is 0.351 e. The van der Waals surface area contributed by atoms with Crippen LogP contribution in [-0.4, -0.2) is 28.8 Å². The monoisotopic (exact) mass is 304 g/mol. The fraction of sp³-hybridized carbons (Fsp3) is 0.353. The predicted octanol–water partition coefficient (Wildman–Crippen LogP) is 3.61. The fourth-order valence-corrected chi connectivity index (χ4v) is 2.68. The number of nitrogens with zero attached hydrogens (tertiary/aromatic N) is 2. The average molecular weight is 305 g/mol. The number of hydrogen-bond acceptors (Lipinski definition) is 2. The molecule has 0 amide bonds. The van der Waals surface area contributed by atoms with Crippen molar-refractivity contribution >= 4 is 17.4 Å². The molecule has 0 bridgehead atoms. The second-order valence-corrected chi connectivity index (χ2v) is 6.01. The Kier molecular flexibility index (Phi) is 4.86. The van der Waals surface area contributed by atoms with E-state index in [9.17, 15) is 4.79 Å². The third-order valence-corrected chi connectivity index (χ3v) is 4.07. The van der Waals surface area contributed by atoms with E-state index in [0.29, 0.717) is 13.1 Å². The topological polar surface area (TPSA) is 25.2 Å². The van der Waals surface area contributed by atoms with Crippen molar-refractivity contribution in [3.63, 3.8) is 0 Å². The van der Waals surface area contributed by atoms with Gasteiger partial charge in [0.05, 0.1) is 6.54 Å². The van der Waals surface area contributed by atoms with E-state index in [1.54, 1.807) is 0 Å². The maximum atomic E-state index is 12.4. The van der Waals surface area contributed by atoms with Crippen LogP contribution in [0.5, 0.6) is 0 Å². The molecule has 3 nitrogen and oxygen atoms in total. The van der Waals surface area contributed by atoms with Crippen molar-refractivity contribution in [2.24, 2.45) is 7.05 Å². The highest BCUT2D eigenvalue weighted by Gasteiger charge is 2.15. The molecular weight excluding hydrogens is 284 g/mol. The van der Waals surface area contributed by atoms with Gasteiger partial charge < -0.3 is 4.57 Å². The third kappa shape index (κ3) is 3.74. The lowest BCUT2D eigenvalue weighted by Crippen LogP contribution is -2.25. The first-order chi connectivity index (χ1) is 9.88. The summed E-state index contributed by atoms with van der Waals surface area (Å²) in [5.41, 5.74) is 4.05. The zero-order chi connectivity index (χ0) is 15.6. The lowest BCUT2D eigenvalue weighted by molar-refractivity contribution is 0.0942. The second-order valence-electron chi connectivity index (χ2n) is 5.57. The molecule has 0 fully saturated rings. The van der Waals surface area contributed by atoms with E-state index in [1.165, 1.54) is 0 Å². The average Bonchev–Trinajstić information content (AvgIpc) is 2.66. The van der Waals surface area contributed by atoms with E-state index in [2.05, 4.69) is 0 Å². The summed E-state index contributed by atoms with van der Waals surface area (Å²) in [5.74, 6) is 0.153. The Labute approximate surface area is 131 Å². The molecule has 0 spiro atoms. The van der Waals surface area contributed by atoms with Gasteiger partial charge in [-0.1, -0.05) is 23.7 Å². The van der Waals surface area contributed by atoms with Crippen LogP contribution < -0.4 is 0 Å². The van der Waals surface area contributed by atoms with E-state index in [0.717, 1.165) is 27.5 Å². The Balaban J connectivity index is 2.03. The van der Waals surface area contributed by atoms with Crippen LogP contribution in [0.15, 0.2) is 30.3 Å². The normalized spacial score (nSPS) is 11.1. The van der Waals surface area contributed by atoms with E-state index in [-0.39, 0.29) is 5.78 Å². The first-order valence-electron chi connectivity index (χ1n) is 6.97. The van der Waals surface area contributed by atoms with Gasteiger partial charge in [-0.3, -0.25) is 9.69 Å². The Morgan fingerprint density at radius 2 is 2.00 bits per heavy atom. The molecule has 0 aliphatic rings. The molecule has 1 heterocycles. The van der Waals surface area contributed by atoms with E-state index in [4.69, 9.17) is 11.6 Å². The highest BCUT2D eigenvalue weighted by atomic mass is 35.5. The highest BCUT2D eigenvalue weighted by Crippen LogP contribution is 2.15. The summed E-state index contributed by atoms with van der Waals surface area (Å²) in [7, 11) is 3.93. The molecular formula is C17H21ClN2O. The molecule has 1 aromatic heterocycles. The third-order valence-electron chi connectivity index (χ3n) is 3.83. The van der Waals surface area contributed by atoms with E-state index >= 15 is 0 Å². The minimum absolute atomic E-state index is 0.153. The van der Waals surface area contributed by atoms with Crippen LogP contribution >= 0.6 is 11.6 Å². The number of halogens is 1. The zero-order valence-electron chi connectivity index (χ0n) is 13.0. The van der Waals surface area contributed by atoms with Crippen molar-refractivity contribution in [1.29, 1.82) is 0 Å². The van der Waals surface area contributed by atoms with Crippen LogP contribution in [0.1, 0.15) is 27.3 Å². The fourth-order valence-electron chi connectivity index (χ4n) is 2.47. The number of hydrogen-bond donors (Lipinski definition) is 0. The van der Waals surface area contributed by atoms with Crippen molar-refractivity contribution in [1.82, 2.24) is 9.47 Å². The molecule has 0 N–H and O–H groups in total. The van der Waals surface area contributed by atoms with Gasteiger partial charge in [0.1, 0.15) is 0 Å². The Hall–Kier alpha value is -1.58. The summed E-state index contributed by atoms with van der Waals surface area (Å²) in [6.07, 6.45) is 0. The zero-order valence-corrected chi connectivity index (χ0v) is 13.7. The SMILES string of the molecule is Cc1cc(C(=O)CN(C)Cc2cccc(Cl)c2)c(C)n1C. The summed E-state index contributed by atoms with van der Waals surface area (Å²) in [6.45, 7) is 5.10. The second kappa shape index (κ2) is 6.46. The summed E-state index contributed by atoms with van der Waals surface area (Å²) in [6, 6.07) is 9.69. The van der Waals surface area contributed by atoms with Gasteiger partial charge in [-0.15, -0.1) is 0 Å².